The molecule has 0 saturated carbocycles. The van der Waals surface area contributed by atoms with Crippen molar-refractivity contribution >= 4 is 10.9 Å². The molecule has 0 bridgehead atoms. The van der Waals surface area contributed by atoms with E-state index in [2.05, 4.69) is 72.0 Å². The normalized spacial score (nSPS) is 17.4. The lowest BCUT2D eigenvalue weighted by molar-refractivity contribution is 0.245. The van der Waals surface area contributed by atoms with E-state index in [0.717, 1.165) is 38.1 Å². The number of ether oxygens (including phenoxy) is 1. The van der Waals surface area contributed by atoms with Crippen molar-refractivity contribution < 1.29 is 4.74 Å². The maximum absolute atomic E-state index is 5.50. The number of hydrogen-bond donors (Lipinski definition) is 0. The third kappa shape index (κ3) is 3.01. The van der Waals surface area contributed by atoms with Gasteiger partial charge in [-0.15, -0.1) is 0 Å². The Balaban J connectivity index is 1.69. The highest BCUT2D eigenvalue weighted by atomic mass is 16.5. The van der Waals surface area contributed by atoms with E-state index in [4.69, 9.17) is 4.74 Å². The molecule has 3 aromatic rings. The highest BCUT2D eigenvalue weighted by molar-refractivity contribution is 5.87. The summed E-state index contributed by atoms with van der Waals surface area (Å²) in [5.74, 6) is 0.946. The zero-order valence-electron chi connectivity index (χ0n) is 16.0. The summed E-state index contributed by atoms with van der Waals surface area (Å²) >= 11 is 0. The third-order valence-electron chi connectivity index (χ3n) is 5.89. The summed E-state index contributed by atoms with van der Waals surface area (Å²) < 4.78 is 8.07. The molecule has 3 nitrogen and oxygen atoms in total. The highest BCUT2D eigenvalue weighted by Gasteiger charge is 2.27. The summed E-state index contributed by atoms with van der Waals surface area (Å²) in [6, 6.07) is 17.8. The van der Waals surface area contributed by atoms with Gasteiger partial charge >= 0.3 is 0 Å². The molecule has 136 valence electrons. The van der Waals surface area contributed by atoms with E-state index in [0.29, 0.717) is 6.04 Å². The summed E-state index contributed by atoms with van der Waals surface area (Å²) in [4.78, 5) is 2.45. The molecule has 2 aromatic carbocycles. The molecule has 1 aromatic heterocycles. The quantitative estimate of drug-likeness (QED) is 0.657. The topological polar surface area (TPSA) is 17.4 Å². The number of benzene rings is 2. The van der Waals surface area contributed by atoms with Crippen LogP contribution in [0.25, 0.3) is 10.9 Å². The first-order valence-electron chi connectivity index (χ1n) is 9.62. The molecule has 0 radical (unpaired) electrons. The minimum Gasteiger partial charge on any atom is -0.497 e. The van der Waals surface area contributed by atoms with Crippen molar-refractivity contribution in [3.63, 3.8) is 0 Å². The lowest BCUT2D eigenvalue weighted by Gasteiger charge is -2.31. The number of hydrogen-bond acceptors (Lipinski definition) is 2. The van der Waals surface area contributed by atoms with E-state index in [1.54, 1.807) is 7.11 Å². The number of aromatic nitrogens is 1. The molecule has 1 aliphatic rings. The largest absolute Gasteiger partial charge is 0.497 e. The van der Waals surface area contributed by atoms with E-state index < -0.39 is 0 Å². The van der Waals surface area contributed by atoms with Gasteiger partial charge in [-0.1, -0.05) is 30.3 Å². The number of aryl methyl sites for hydroxylation is 2. The van der Waals surface area contributed by atoms with Crippen LogP contribution in [0.2, 0.25) is 0 Å². The van der Waals surface area contributed by atoms with Crippen LogP contribution < -0.4 is 4.74 Å². The molecular formula is C23H28N2O. The Bertz CT molecular complexity index is 897. The van der Waals surface area contributed by atoms with Gasteiger partial charge in [0.15, 0.2) is 0 Å². The molecule has 0 amide bonds. The van der Waals surface area contributed by atoms with Gasteiger partial charge in [0.25, 0.3) is 0 Å². The van der Waals surface area contributed by atoms with Crippen LogP contribution in [0.1, 0.15) is 36.2 Å². The van der Waals surface area contributed by atoms with Gasteiger partial charge in [-0.2, -0.15) is 0 Å². The predicted octanol–water partition coefficient (Wildman–Crippen LogP) is 4.83. The van der Waals surface area contributed by atoms with Crippen molar-refractivity contribution in [3.05, 3.63) is 65.4 Å². The van der Waals surface area contributed by atoms with Crippen molar-refractivity contribution in [2.75, 3.05) is 20.7 Å². The molecule has 0 aliphatic carbocycles. The molecule has 0 spiro atoms. The fraction of sp³-hybridized carbons (Fsp3) is 0.391. The molecule has 0 fully saturated rings. The first-order chi connectivity index (χ1) is 12.7. The van der Waals surface area contributed by atoms with Crippen LogP contribution in [0.15, 0.2) is 48.5 Å². The molecule has 26 heavy (non-hydrogen) atoms. The van der Waals surface area contributed by atoms with Gasteiger partial charge in [-0.3, -0.25) is 4.90 Å². The Morgan fingerprint density at radius 2 is 1.92 bits per heavy atom. The number of likely N-dealkylation sites (N-methyl/N-ethyl adjacent to an activating group) is 1. The van der Waals surface area contributed by atoms with Gasteiger partial charge in [0.05, 0.1) is 7.11 Å². The lowest BCUT2D eigenvalue weighted by atomic mass is 9.97. The molecular weight excluding hydrogens is 320 g/mol. The van der Waals surface area contributed by atoms with E-state index in [1.807, 2.05) is 0 Å². The van der Waals surface area contributed by atoms with Crippen LogP contribution in [0.3, 0.4) is 0 Å². The maximum atomic E-state index is 5.50. The Hall–Kier alpha value is -2.26. The summed E-state index contributed by atoms with van der Waals surface area (Å²) in [5.41, 5.74) is 5.79. The zero-order valence-corrected chi connectivity index (χ0v) is 16.0. The monoisotopic (exact) mass is 348 g/mol. The van der Waals surface area contributed by atoms with Crippen LogP contribution in [0.5, 0.6) is 5.75 Å². The molecule has 1 atom stereocenters. The molecule has 3 heteroatoms. The van der Waals surface area contributed by atoms with Gasteiger partial charge in [-0.25, -0.2) is 0 Å². The SMILES string of the molecule is COc1ccc2c(c1)c1c(n2CCCc2ccccc2)CCN(C)C1C. The Kier molecular flexibility index (Phi) is 4.73. The molecule has 0 N–H and O–H groups in total. The predicted molar refractivity (Wildman–Crippen MR) is 108 cm³/mol. The van der Waals surface area contributed by atoms with Gasteiger partial charge in [0, 0.05) is 42.1 Å². The Labute approximate surface area is 156 Å². The van der Waals surface area contributed by atoms with E-state index in [9.17, 15) is 0 Å². The molecule has 4 rings (SSSR count). The first-order valence-corrected chi connectivity index (χ1v) is 9.62. The average Bonchev–Trinajstić information content (AvgIpc) is 2.99. The molecule has 1 unspecified atom stereocenters. The smallest absolute Gasteiger partial charge is 0.119 e. The van der Waals surface area contributed by atoms with Crippen molar-refractivity contribution in [3.8, 4) is 5.75 Å². The van der Waals surface area contributed by atoms with E-state index in [1.165, 1.54) is 27.7 Å². The van der Waals surface area contributed by atoms with E-state index >= 15 is 0 Å². The van der Waals surface area contributed by atoms with Gasteiger partial charge in [-0.05, 0) is 56.1 Å². The lowest BCUT2D eigenvalue weighted by Crippen LogP contribution is -2.31. The minimum atomic E-state index is 0.448. The number of methoxy groups -OCH3 is 1. The Morgan fingerprint density at radius 3 is 2.69 bits per heavy atom. The van der Waals surface area contributed by atoms with Crippen LogP contribution in [-0.4, -0.2) is 30.2 Å². The first kappa shape index (κ1) is 17.2. The van der Waals surface area contributed by atoms with Crippen molar-refractivity contribution in [2.45, 2.75) is 38.8 Å². The van der Waals surface area contributed by atoms with Crippen molar-refractivity contribution in [1.29, 1.82) is 0 Å². The summed E-state index contributed by atoms with van der Waals surface area (Å²) in [6.45, 7) is 4.52. The second-order valence-corrected chi connectivity index (χ2v) is 7.39. The molecule has 1 aliphatic heterocycles. The highest BCUT2D eigenvalue weighted by Crippen LogP contribution is 2.38. The average molecular weight is 348 g/mol. The maximum Gasteiger partial charge on any atom is 0.119 e. The van der Waals surface area contributed by atoms with Gasteiger partial charge in [0.2, 0.25) is 0 Å². The fourth-order valence-electron chi connectivity index (χ4n) is 4.31. The third-order valence-corrected chi connectivity index (χ3v) is 5.89. The summed E-state index contributed by atoms with van der Waals surface area (Å²) in [5, 5.41) is 1.36. The summed E-state index contributed by atoms with van der Waals surface area (Å²) in [7, 11) is 3.98. The Morgan fingerprint density at radius 1 is 1.12 bits per heavy atom. The van der Waals surface area contributed by atoms with Crippen LogP contribution in [-0.2, 0) is 19.4 Å². The second-order valence-electron chi connectivity index (χ2n) is 7.39. The van der Waals surface area contributed by atoms with Crippen LogP contribution in [0.4, 0.5) is 0 Å². The standard InChI is InChI=1S/C23H28N2O/c1-17-23-20-16-19(26-3)11-12-21(20)25(22(23)13-15-24(17)2)14-7-10-18-8-5-4-6-9-18/h4-6,8-9,11-12,16-17H,7,10,13-15H2,1-3H3. The number of rotatable bonds is 5. The van der Waals surface area contributed by atoms with Crippen molar-refractivity contribution in [1.82, 2.24) is 9.47 Å². The number of nitrogens with zero attached hydrogens (tertiary/aromatic N) is 2. The van der Waals surface area contributed by atoms with Crippen LogP contribution in [0, 0.1) is 0 Å². The fourth-order valence-corrected chi connectivity index (χ4v) is 4.31. The number of fused-ring (bicyclic) bond motifs is 3. The van der Waals surface area contributed by atoms with Gasteiger partial charge in [0.1, 0.15) is 5.75 Å². The molecule has 2 heterocycles. The minimum absolute atomic E-state index is 0.448. The van der Waals surface area contributed by atoms with E-state index in [-0.39, 0.29) is 0 Å². The molecule has 0 saturated heterocycles. The second kappa shape index (κ2) is 7.16. The zero-order chi connectivity index (χ0) is 18.1. The van der Waals surface area contributed by atoms with Crippen molar-refractivity contribution in [2.24, 2.45) is 0 Å². The van der Waals surface area contributed by atoms with Crippen LogP contribution >= 0.6 is 0 Å². The summed E-state index contributed by atoms with van der Waals surface area (Å²) in [6.07, 6.45) is 3.41. The van der Waals surface area contributed by atoms with Gasteiger partial charge < -0.3 is 9.30 Å².